The van der Waals surface area contributed by atoms with Crippen LogP contribution >= 0.6 is 0 Å². The Morgan fingerprint density at radius 3 is 1.23 bits per heavy atom. The van der Waals surface area contributed by atoms with Gasteiger partial charge >= 0.3 is 0 Å². The highest BCUT2D eigenvalue weighted by molar-refractivity contribution is 5.73. The summed E-state index contributed by atoms with van der Waals surface area (Å²) in [6.07, 6.45) is 1.66. The fraction of sp³-hybridized carbons (Fsp3) is 0.162. The number of nitrogens with zero attached hydrogens (tertiary/aromatic N) is 3. The lowest BCUT2D eigenvalue weighted by Gasteiger charge is -2.30. The van der Waals surface area contributed by atoms with Gasteiger partial charge in [0.05, 0.1) is 20.3 Å². The number of para-hydroxylation sites is 5. The van der Waals surface area contributed by atoms with Crippen LogP contribution in [-0.2, 0) is 16.2 Å². The molecule has 0 amide bonds. The number of benzene rings is 9. The first-order chi connectivity index (χ1) is 38.3. The van der Waals surface area contributed by atoms with Gasteiger partial charge in [-0.1, -0.05) is 107 Å². The molecule has 0 bridgehead atoms. The van der Waals surface area contributed by atoms with Crippen molar-refractivity contribution in [1.82, 2.24) is 0 Å². The maximum atomic E-state index is 10.6. The molecule has 11 rings (SSSR count). The fourth-order valence-corrected chi connectivity index (χ4v) is 11.3. The highest BCUT2D eigenvalue weighted by Gasteiger charge is 2.56. The van der Waals surface area contributed by atoms with Crippen molar-refractivity contribution in [1.29, 1.82) is 5.26 Å². The molecule has 11 heteroatoms. The van der Waals surface area contributed by atoms with Crippen molar-refractivity contribution in [3.8, 4) is 92.3 Å². The van der Waals surface area contributed by atoms with Gasteiger partial charge in [0.25, 0.3) is 11.4 Å². The monoisotopic (exact) mass is 1040 g/mol. The summed E-state index contributed by atoms with van der Waals surface area (Å²) in [6.45, 7) is 27.6. The van der Waals surface area contributed by atoms with Crippen LogP contribution in [-0.4, -0.2) is 7.11 Å². The number of hydrogen-bond donors (Lipinski definition) is 0. The van der Waals surface area contributed by atoms with E-state index >= 15 is 0 Å². The molecule has 0 radical (unpaired) electrons. The molecule has 1 atom stereocenters. The van der Waals surface area contributed by atoms with Crippen molar-refractivity contribution < 1.29 is 37.9 Å². The van der Waals surface area contributed by atoms with E-state index in [4.69, 9.17) is 51.0 Å². The quantitative estimate of drug-likeness (QED) is 0.0928. The number of nitriles is 1. The molecule has 2 aliphatic rings. The van der Waals surface area contributed by atoms with Crippen LogP contribution in [0.15, 0.2) is 188 Å². The molecule has 79 heavy (non-hydrogen) atoms. The number of hydrogen-bond acceptors (Lipinski definition) is 9. The van der Waals surface area contributed by atoms with E-state index in [1.807, 2.05) is 97.9 Å². The molecule has 0 saturated carbocycles. The Hall–Kier alpha value is -10.2. The molecule has 0 fully saturated rings. The summed E-state index contributed by atoms with van der Waals surface area (Å²) < 4.78 is 50.6. The maximum Gasteiger partial charge on any atom is 0.270 e. The average molecular weight is 1040 g/mol. The topological polar surface area (TPSA) is 106 Å². The first-order valence-corrected chi connectivity index (χ1v) is 25.8. The molecule has 2 aliphatic carbocycles. The zero-order chi connectivity index (χ0) is 54.9. The van der Waals surface area contributed by atoms with E-state index in [0.717, 1.165) is 29.5 Å². The Bertz CT molecular complexity index is 3940. The second-order valence-electron chi connectivity index (χ2n) is 20.8. The molecule has 0 N–H and O–H groups in total. The Morgan fingerprint density at radius 1 is 0.405 bits per heavy atom. The van der Waals surface area contributed by atoms with E-state index < -0.39 is 5.41 Å². The smallest absolute Gasteiger partial charge is 0.270 e. The van der Waals surface area contributed by atoms with Crippen LogP contribution < -0.4 is 37.9 Å². The van der Waals surface area contributed by atoms with Gasteiger partial charge in [-0.05, 0) is 162 Å². The van der Waals surface area contributed by atoms with Crippen LogP contribution in [0, 0.1) is 31.4 Å². The summed E-state index contributed by atoms with van der Waals surface area (Å²) >= 11 is 0. The van der Waals surface area contributed by atoms with Crippen molar-refractivity contribution in [2.24, 2.45) is 0 Å². The summed E-state index contributed by atoms with van der Waals surface area (Å²) in [5.74, 6) is 6.47. The van der Waals surface area contributed by atoms with E-state index in [9.17, 15) is 5.26 Å². The third kappa shape index (κ3) is 9.73. The maximum absolute atomic E-state index is 10.6. The van der Waals surface area contributed by atoms with Gasteiger partial charge in [0, 0.05) is 11.0 Å². The van der Waals surface area contributed by atoms with Crippen LogP contribution in [0.3, 0.4) is 0 Å². The highest BCUT2D eigenvalue weighted by Crippen LogP contribution is 2.64. The molecule has 0 heterocycles. The van der Waals surface area contributed by atoms with Gasteiger partial charge in [0.15, 0.2) is 11.5 Å². The number of rotatable bonds is 15. The van der Waals surface area contributed by atoms with Crippen LogP contribution in [0.2, 0.25) is 0 Å². The van der Waals surface area contributed by atoms with E-state index in [1.54, 1.807) is 79.9 Å². The summed E-state index contributed by atoms with van der Waals surface area (Å²) in [6, 6.07) is 60.2. The fourth-order valence-electron chi connectivity index (χ4n) is 11.3. The molecular weight excluding hydrogens is 987 g/mol. The van der Waals surface area contributed by atoms with Gasteiger partial charge in [-0.25, -0.2) is 9.69 Å². The van der Waals surface area contributed by atoms with Crippen molar-refractivity contribution in [3.05, 3.63) is 244 Å². The lowest BCUT2D eigenvalue weighted by Crippen LogP contribution is -2.27. The summed E-state index contributed by atoms with van der Waals surface area (Å²) in [5.41, 5.74) is 5.11. The lowest BCUT2D eigenvalue weighted by molar-refractivity contribution is 0.349. The Balaban J connectivity index is 0.871. The third-order valence-corrected chi connectivity index (χ3v) is 14.6. The highest BCUT2D eigenvalue weighted by atomic mass is 16.5. The van der Waals surface area contributed by atoms with Crippen molar-refractivity contribution in [3.63, 3.8) is 0 Å². The Kier molecular flexibility index (Phi) is 13.4. The van der Waals surface area contributed by atoms with Crippen molar-refractivity contribution in [2.45, 2.75) is 63.7 Å². The minimum Gasteiger partial charge on any atom is -0.490 e. The zero-order valence-corrected chi connectivity index (χ0v) is 44.4. The third-order valence-electron chi connectivity index (χ3n) is 14.6. The molecule has 11 nitrogen and oxygen atoms in total. The number of methoxy groups -OCH3 is 1. The van der Waals surface area contributed by atoms with Gasteiger partial charge < -0.3 is 37.9 Å². The second kappa shape index (κ2) is 20.8. The van der Waals surface area contributed by atoms with Gasteiger partial charge in [-0.15, -0.1) is 0 Å². The standard InChI is InChI=1S/C68H53N3O8/c1-43-53(73-44-20-11-9-12-21-44)24-15-25-54(43)77-58-29-18-31-60(64(58)71-7)79-59-30-17-28-57(63(59)70-6)76-47-35-37-50-52(39-47)68(42-67(50,4)5)41-66(2,3)49-36-34-46(38-51(49)68)75-55-26-16-27-56(48(55)40-69)78-62-33-19-32-61(65(62)72-8)74-45-22-13-10-14-23-45/h9-39H,41-42H2,1-5,8H3. The van der Waals surface area contributed by atoms with E-state index in [-0.39, 0.29) is 45.0 Å². The van der Waals surface area contributed by atoms with Crippen LogP contribution in [0.25, 0.3) is 9.69 Å². The van der Waals surface area contributed by atoms with Crippen molar-refractivity contribution in [2.75, 3.05) is 7.11 Å². The summed E-state index contributed by atoms with van der Waals surface area (Å²) in [7, 11) is 1.55. The molecule has 388 valence electrons. The van der Waals surface area contributed by atoms with E-state index in [0.29, 0.717) is 69.0 Å². The minimum absolute atomic E-state index is 0.139. The SMILES string of the molecule is [C-]#[N+]c1c(Oc2ccc3c(c2)C2(CC(C)(C)c4ccc(Oc5cccc(Oc6cccc(Oc7ccccc7)c6OC)c5C#N)cc42)CC3(C)C)cccc1Oc1cccc(Oc2cccc(Oc3ccccc3)c2C)c1[N+]#[C-]. The summed E-state index contributed by atoms with van der Waals surface area (Å²) in [5, 5.41) is 10.6. The van der Waals surface area contributed by atoms with Crippen LogP contribution in [0.1, 0.15) is 73.9 Å². The average Bonchev–Trinajstić information content (AvgIpc) is 3.87. The van der Waals surface area contributed by atoms with Crippen molar-refractivity contribution >= 4 is 11.4 Å². The largest absolute Gasteiger partial charge is 0.490 e. The van der Waals surface area contributed by atoms with Gasteiger partial charge in [0.2, 0.25) is 5.75 Å². The van der Waals surface area contributed by atoms with Gasteiger partial charge in [-0.3, -0.25) is 0 Å². The predicted molar refractivity (Wildman–Crippen MR) is 303 cm³/mol. The molecule has 1 spiro atoms. The Labute approximate surface area is 459 Å². The molecule has 9 aromatic carbocycles. The second-order valence-corrected chi connectivity index (χ2v) is 20.8. The molecule has 1 unspecified atom stereocenters. The lowest BCUT2D eigenvalue weighted by atomic mass is 9.72. The molecule has 9 aromatic rings. The normalized spacial score (nSPS) is 15.1. The van der Waals surface area contributed by atoms with Crippen LogP contribution in [0.5, 0.6) is 86.2 Å². The zero-order valence-electron chi connectivity index (χ0n) is 44.4. The first kappa shape index (κ1) is 51.0. The van der Waals surface area contributed by atoms with E-state index in [1.165, 1.54) is 11.1 Å². The van der Waals surface area contributed by atoms with E-state index in [2.05, 4.69) is 67.7 Å². The number of ether oxygens (including phenoxy) is 8. The van der Waals surface area contributed by atoms with Gasteiger partial charge in [-0.2, -0.15) is 5.26 Å². The molecule has 0 aromatic heterocycles. The molecular formula is C68H53N3O8. The van der Waals surface area contributed by atoms with Crippen LogP contribution in [0.4, 0.5) is 11.4 Å². The number of fused-ring (bicyclic) bond motifs is 4. The Morgan fingerprint density at radius 2 is 0.759 bits per heavy atom. The molecule has 0 aliphatic heterocycles. The minimum atomic E-state index is -0.436. The van der Waals surface area contributed by atoms with Gasteiger partial charge in [0.1, 0.15) is 80.6 Å². The predicted octanol–water partition coefficient (Wildman–Crippen LogP) is 19.2. The first-order valence-electron chi connectivity index (χ1n) is 25.8. The summed E-state index contributed by atoms with van der Waals surface area (Å²) in [4.78, 5) is 7.74. The molecule has 0 saturated heterocycles.